The Labute approximate surface area is 468 Å². The monoisotopic (exact) mass is 1120 g/mol. The lowest BCUT2D eigenvalue weighted by Gasteiger charge is -2.09. The number of para-hydroxylation sites is 2. The summed E-state index contributed by atoms with van der Waals surface area (Å²) >= 11 is 5.69. The van der Waals surface area contributed by atoms with Crippen LogP contribution in [0.5, 0.6) is 11.5 Å². The minimum atomic E-state index is -0.567. The molecule has 6 aromatic carbocycles. The van der Waals surface area contributed by atoms with Crippen molar-refractivity contribution in [3.8, 4) is 34.3 Å². The number of aryl methyl sites for hydroxylation is 2. The molecule has 22 nitrogen and oxygen atoms in total. The van der Waals surface area contributed by atoms with Gasteiger partial charge in [-0.2, -0.15) is 0 Å². The number of halogens is 1. The molecule has 0 spiro atoms. The summed E-state index contributed by atoms with van der Waals surface area (Å²) in [5.41, 5.74) is 19.0. The van der Waals surface area contributed by atoms with Crippen LogP contribution in [0.25, 0.3) is 66.9 Å². The van der Waals surface area contributed by atoms with E-state index in [1.54, 1.807) is 0 Å². The standard InChI is InChI=1S/C23H27N3O2.C23H26N2O2.C6H2ClN3O3.C6H4N4O3/c24-14-3-1-2-4-16-28-18-12-10-17(11-13-18)23-25-20-8-5-7-19-21(27)9-6-15-26(23)22(19)20;1-2-3-4-5-16-27-18-13-11-17(12-14-18)23-24-20-9-6-8-19-21(26)10-7-15-25(23)22(19)20;2*7-3-1-2-4(10(11)12)6-5(3)8-13-9-6/h5,7-8,10-13H,1-4,6,9,14-16,24H2;6,8-9,11-14H,2-5,7,10,15-16H2,1H3;1-2H;1-2H,7H2. The summed E-state index contributed by atoms with van der Waals surface area (Å²) in [6.45, 7) is 6.12. The highest BCUT2D eigenvalue weighted by Gasteiger charge is 2.24. The van der Waals surface area contributed by atoms with Gasteiger partial charge >= 0.3 is 11.4 Å². The lowest BCUT2D eigenvalue weighted by atomic mass is 10.1. The van der Waals surface area contributed by atoms with Crippen LogP contribution < -0.4 is 20.9 Å². The summed E-state index contributed by atoms with van der Waals surface area (Å²) in [6.07, 6.45) is 12.2. The van der Waals surface area contributed by atoms with Crippen molar-refractivity contribution < 1.29 is 38.2 Å². The van der Waals surface area contributed by atoms with Crippen LogP contribution in [-0.4, -0.2) is 80.9 Å². The van der Waals surface area contributed by atoms with Crippen LogP contribution in [0.15, 0.2) is 118 Å². The molecule has 10 aromatic rings. The quantitative estimate of drug-likeness (QED) is 0.0370. The van der Waals surface area contributed by atoms with E-state index in [0.29, 0.717) is 18.5 Å². The SMILES string of the molecule is CCCCCCOc1ccc(-c2nc3cccc4c3n2CCCC4=O)cc1.NCCCCCCOc1ccc(-c2nc3cccc4c3n2CCCC4=O)cc1.Nc1ccc([N+](=O)[O-])c2nonc12.O=[N+]([O-])c1ccc(Cl)c2nonc12. The van der Waals surface area contributed by atoms with E-state index in [2.05, 4.69) is 70.2 Å². The predicted molar refractivity (Wildman–Crippen MR) is 306 cm³/mol. The third-order valence-electron chi connectivity index (χ3n) is 13.7. The molecule has 418 valence electrons. The summed E-state index contributed by atoms with van der Waals surface area (Å²) in [6, 6.07) is 33.3. The molecule has 2 aliphatic rings. The highest BCUT2D eigenvalue weighted by atomic mass is 35.5. The van der Waals surface area contributed by atoms with Crippen LogP contribution in [0.1, 0.15) is 105 Å². The molecule has 0 aliphatic carbocycles. The Balaban J connectivity index is 0.000000138. The van der Waals surface area contributed by atoms with Crippen LogP contribution in [0.4, 0.5) is 17.1 Å². The Morgan fingerprint density at radius 3 is 1.53 bits per heavy atom. The van der Waals surface area contributed by atoms with Gasteiger partial charge in [-0.25, -0.2) is 19.2 Å². The molecule has 4 N–H and O–H groups in total. The Bertz CT molecular complexity index is 3750. The number of Topliss-reactive ketones (excluding diaryl/α,β-unsaturated/α-hetero) is 2. The van der Waals surface area contributed by atoms with E-state index in [1.807, 2.05) is 60.7 Å². The van der Waals surface area contributed by atoms with Crippen LogP contribution in [0.2, 0.25) is 5.02 Å². The number of hydrogen-bond donors (Lipinski definition) is 2. The second-order valence-corrected chi connectivity index (χ2v) is 19.7. The zero-order valence-electron chi connectivity index (χ0n) is 44.5. The molecule has 81 heavy (non-hydrogen) atoms. The van der Waals surface area contributed by atoms with Crippen molar-refractivity contribution in [1.29, 1.82) is 0 Å². The normalized spacial score (nSPS) is 12.7. The highest BCUT2D eigenvalue weighted by Crippen LogP contribution is 2.34. The zero-order valence-corrected chi connectivity index (χ0v) is 45.3. The van der Waals surface area contributed by atoms with Gasteiger partial charge in [0.25, 0.3) is 0 Å². The summed E-state index contributed by atoms with van der Waals surface area (Å²) in [5.74, 6) is 4.07. The first-order chi connectivity index (χ1) is 39.4. The number of nitro groups is 2. The maximum Gasteiger partial charge on any atom is 0.300 e. The van der Waals surface area contributed by atoms with Gasteiger partial charge in [-0.15, -0.1) is 0 Å². The first-order valence-electron chi connectivity index (χ1n) is 26.9. The number of anilines is 1. The zero-order chi connectivity index (χ0) is 56.8. The lowest BCUT2D eigenvalue weighted by Crippen LogP contribution is -2.01. The maximum atomic E-state index is 12.4. The van der Waals surface area contributed by atoms with E-state index in [-0.39, 0.29) is 50.0 Å². The number of nitrogen functional groups attached to an aromatic ring is 1. The van der Waals surface area contributed by atoms with Crippen molar-refractivity contribution >= 4 is 84.4 Å². The van der Waals surface area contributed by atoms with E-state index in [9.17, 15) is 29.8 Å². The summed E-state index contributed by atoms with van der Waals surface area (Å²) in [5, 5.41) is 34.9. The molecule has 4 aromatic heterocycles. The van der Waals surface area contributed by atoms with Crippen molar-refractivity contribution in [2.45, 2.75) is 97.1 Å². The number of unbranched alkanes of at least 4 members (excludes halogenated alkanes) is 6. The lowest BCUT2D eigenvalue weighted by molar-refractivity contribution is -0.383. The number of benzene rings is 6. The summed E-state index contributed by atoms with van der Waals surface area (Å²) in [4.78, 5) is 54.3. The number of carbonyl (C=O) groups excluding carboxylic acids is 2. The Morgan fingerprint density at radius 1 is 0.580 bits per heavy atom. The average molecular weight is 1120 g/mol. The van der Waals surface area contributed by atoms with Gasteiger partial charge in [-0.3, -0.25) is 29.8 Å². The van der Waals surface area contributed by atoms with Crippen molar-refractivity contribution in [2.24, 2.45) is 5.73 Å². The fraction of sp³-hybridized carbons (Fsp3) is 0.310. The van der Waals surface area contributed by atoms with Crippen LogP contribution in [-0.2, 0) is 13.1 Å². The number of nitro benzene ring substituents is 2. The molecule has 0 amide bonds. The second kappa shape index (κ2) is 26.7. The third-order valence-corrected chi connectivity index (χ3v) is 14.0. The molecule has 6 heterocycles. The van der Waals surface area contributed by atoms with Gasteiger partial charge in [0.1, 0.15) is 23.1 Å². The van der Waals surface area contributed by atoms with Gasteiger partial charge in [0.15, 0.2) is 22.6 Å². The number of nitrogens with two attached hydrogens (primary N) is 2. The number of nitrogens with zero attached hydrogens (tertiary/aromatic N) is 10. The number of ketones is 2. The minimum absolute atomic E-state index is 0.0671. The third kappa shape index (κ3) is 13.1. The summed E-state index contributed by atoms with van der Waals surface area (Å²) in [7, 11) is 0. The maximum absolute atomic E-state index is 12.4. The molecule has 0 saturated heterocycles. The van der Waals surface area contributed by atoms with E-state index >= 15 is 0 Å². The van der Waals surface area contributed by atoms with E-state index < -0.39 is 9.85 Å². The molecular formula is C58H59ClN12O10. The van der Waals surface area contributed by atoms with Crippen molar-refractivity contribution in [3.63, 3.8) is 0 Å². The minimum Gasteiger partial charge on any atom is -0.494 e. The second-order valence-electron chi connectivity index (χ2n) is 19.3. The first kappa shape index (κ1) is 56.6. The van der Waals surface area contributed by atoms with Gasteiger partial charge in [0.2, 0.25) is 11.0 Å². The van der Waals surface area contributed by atoms with E-state index in [4.69, 9.17) is 42.5 Å². The van der Waals surface area contributed by atoms with Crippen molar-refractivity contribution in [2.75, 3.05) is 25.5 Å². The number of fused-ring (bicyclic) bond motifs is 2. The number of imidazole rings is 2. The number of aromatic nitrogens is 8. The van der Waals surface area contributed by atoms with Gasteiger partial charge in [0, 0.05) is 60.3 Å². The average Bonchev–Trinajstić information content (AvgIpc) is 4.39. The van der Waals surface area contributed by atoms with Gasteiger partial charge in [-0.1, -0.05) is 62.8 Å². The van der Waals surface area contributed by atoms with E-state index in [1.165, 1.54) is 49.9 Å². The fourth-order valence-electron chi connectivity index (χ4n) is 9.66. The van der Waals surface area contributed by atoms with Crippen molar-refractivity contribution in [3.05, 3.63) is 146 Å². The molecule has 23 heteroatoms. The molecule has 0 bridgehead atoms. The van der Waals surface area contributed by atoms with Crippen LogP contribution in [0, 0.1) is 20.2 Å². The number of rotatable bonds is 17. The molecule has 0 fully saturated rings. The molecule has 2 aliphatic heterocycles. The number of carbonyl (C=O) groups is 2. The molecule has 0 unspecified atom stereocenters. The van der Waals surface area contributed by atoms with Crippen LogP contribution >= 0.6 is 11.6 Å². The highest BCUT2D eigenvalue weighted by molar-refractivity contribution is 6.35. The molecule has 0 saturated carbocycles. The molecule has 0 atom stereocenters. The molecule has 12 rings (SSSR count). The van der Waals surface area contributed by atoms with Crippen molar-refractivity contribution in [1.82, 2.24) is 39.7 Å². The van der Waals surface area contributed by atoms with E-state index in [0.717, 1.165) is 139 Å². The predicted octanol–water partition coefficient (Wildman–Crippen LogP) is 12.7. The Kier molecular flexibility index (Phi) is 18.6. The smallest absolute Gasteiger partial charge is 0.300 e. The molecular weight excluding hydrogens is 1060 g/mol. The van der Waals surface area contributed by atoms with Crippen LogP contribution in [0.3, 0.4) is 0 Å². The number of non-ortho nitro benzene ring substituents is 2. The Morgan fingerprint density at radius 2 is 1.04 bits per heavy atom. The fourth-order valence-corrected chi connectivity index (χ4v) is 9.85. The van der Waals surface area contributed by atoms with Gasteiger partial charge < -0.3 is 30.1 Å². The number of ether oxygens (including phenoxy) is 2. The largest absolute Gasteiger partial charge is 0.494 e. The van der Waals surface area contributed by atoms with Gasteiger partial charge in [-0.05, 0) is 144 Å². The number of hydrogen-bond acceptors (Lipinski definition) is 18. The topological polar surface area (TPSA) is 304 Å². The van der Waals surface area contributed by atoms with Gasteiger partial charge in [0.05, 0.1) is 55.8 Å². The molecule has 0 radical (unpaired) electrons. The first-order valence-corrected chi connectivity index (χ1v) is 27.2. The summed E-state index contributed by atoms with van der Waals surface area (Å²) < 4.78 is 24.8. The Hall–Kier alpha value is -9.15.